The van der Waals surface area contributed by atoms with Gasteiger partial charge < -0.3 is 9.47 Å². The predicted molar refractivity (Wildman–Crippen MR) is 90.2 cm³/mol. The van der Waals surface area contributed by atoms with Gasteiger partial charge in [0.05, 0.1) is 13.2 Å². The Hall–Kier alpha value is -1.18. The summed E-state index contributed by atoms with van der Waals surface area (Å²) in [7, 11) is 0. The highest BCUT2D eigenvalue weighted by molar-refractivity contribution is 5.31. The maximum Gasteiger partial charge on any atom is 0.119 e. The average Bonchev–Trinajstić information content (AvgIpc) is 2.53. The normalized spacial score (nSPS) is 13.7. The Morgan fingerprint density at radius 1 is 0.857 bits per heavy atom. The van der Waals surface area contributed by atoms with Gasteiger partial charge in [-0.3, -0.25) is 0 Å². The van der Waals surface area contributed by atoms with Crippen molar-refractivity contribution in [1.29, 1.82) is 0 Å². The summed E-state index contributed by atoms with van der Waals surface area (Å²) >= 11 is 0. The zero-order chi connectivity index (χ0) is 15.5. The zero-order valence-corrected chi connectivity index (χ0v) is 14.2. The zero-order valence-electron chi connectivity index (χ0n) is 14.2. The van der Waals surface area contributed by atoms with Crippen molar-refractivity contribution in [2.45, 2.75) is 59.8 Å². The Labute approximate surface area is 130 Å². The molecule has 0 N–H and O–H groups in total. The summed E-state index contributed by atoms with van der Waals surface area (Å²) in [6.07, 6.45) is 6.17. The van der Waals surface area contributed by atoms with E-state index in [0.717, 1.165) is 31.1 Å². The lowest BCUT2D eigenvalue weighted by molar-refractivity contribution is 0.232. The molecular formula is C19H32O2. The number of ether oxygens (including phenoxy) is 2. The topological polar surface area (TPSA) is 18.5 Å². The minimum atomic E-state index is 0.602. The Balaban J connectivity index is 2.36. The van der Waals surface area contributed by atoms with Crippen LogP contribution in [0.1, 0.15) is 59.8 Å². The third kappa shape index (κ3) is 7.40. The van der Waals surface area contributed by atoms with Crippen LogP contribution in [0.25, 0.3) is 0 Å². The molecule has 0 aromatic heterocycles. The maximum atomic E-state index is 5.90. The molecule has 2 nitrogen and oxygen atoms in total. The summed E-state index contributed by atoms with van der Waals surface area (Å²) in [6.45, 7) is 10.5. The van der Waals surface area contributed by atoms with E-state index in [1.807, 2.05) is 24.3 Å². The van der Waals surface area contributed by atoms with Gasteiger partial charge in [0.15, 0.2) is 0 Å². The van der Waals surface area contributed by atoms with Gasteiger partial charge in [-0.25, -0.2) is 0 Å². The van der Waals surface area contributed by atoms with Gasteiger partial charge in [0.25, 0.3) is 0 Å². The van der Waals surface area contributed by atoms with Crippen molar-refractivity contribution < 1.29 is 9.47 Å². The van der Waals surface area contributed by atoms with Gasteiger partial charge in [0.1, 0.15) is 11.5 Å². The summed E-state index contributed by atoms with van der Waals surface area (Å²) < 4.78 is 11.7. The molecule has 0 aliphatic carbocycles. The Morgan fingerprint density at radius 3 is 1.90 bits per heavy atom. The van der Waals surface area contributed by atoms with Crippen LogP contribution in [0.15, 0.2) is 24.3 Å². The Bertz CT molecular complexity index is 358. The van der Waals surface area contributed by atoms with E-state index in [1.165, 1.54) is 25.7 Å². The Morgan fingerprint density at radius 2 is 1.43 bits per heavy atom. The summed E-state index contributed by atoms with van der Waals surface area (Å²) in [5.74, 6) is 3.15. The molecule has 21 heavy (non-hydrogen) atoms. The van der Waals surface area contributed by atoms with Gasteiger partial charge in [-0.1, -0.05) is 53.4 Å². The van der Waals surface area contributed by atoms with Crippen LogP contribution in [-0.4, -0.2) is 13.2 Å². The molecule has 0 amide bonds. The fourth-order valence-corrected chi connectivity index (χ4v) is 2.10. The summed E-state index contributed by atoms with van der Waals surface area (Å²) in [4.78, 5) is 0. The second kappa shape index (κ2) is 10.5. The van der Waals surface area contributed by atoms with Crippen molar-refractivity contribution in [2.75, 3.05) is 13.2 Å². The van der Waals surface area contributed by atoms with Gasteiger partial charge in [0, 0.05) is 0 Å². The molecule has 1 rings (SSSR count). The van der Waals surface area contributed by atoms with E-state index in [4.69, 9.17) is 9.47 Å². The van der Waals surface area contributed by atoms with E-state index in [0.29, 0.717) is 11.8 Å². The first-order valence-corrected chi connectivity index (χ1v) is 8.55. The molecular weight excluding hydrogens is 260 g/mol. The van der Waals surface area contributed by atoms with Crippen LogP contribution in [0.3, 0.4) is 0 Å². The molecule has 0 heterocycles. The lowest BCUT2D eigenvalue weighted by atomic mass is 10.0. The van der Waals surface area contributed by atoms with Crippen molar-refractivity contribution in [3.63, 3.8) is 0 Å². The van der Waals surface area contributed by atoms with Gasteiger partial charge in [0.2, 0.25) is 0 Å². The molecule has 2 heteroatoms. The van der Waals surface area contributed by atoms with E-state index in [1.54, 1.807) is 0 Å². The number of rotatable bonds is 11. The number of benzene rings is 1. The van der Waals surface area contributed by atoms with Crippen molar-refractivity contribution >= 4 is 0 Å². The highest BCUT2D eigenvalue weighted by atomic mass is 16.5. The summed E-state index contributed by atoms with van der Waals surface area (Å²) in [5, 5.41) is 0. The molecule has 1 aromatic carbocycles. The summed E-state index contributed by atoms with van der Waals surface area (Å²) in [6, 6.07) is 8.03. The van der Waals surface area contributed by atoms with E-state index in [-0.39, 0.29) is 0 Å². The lowest BCUT2D eigenvalue weighted by Gasteiger charge is -2.16. The number of hydrogen-bond donors (Lipinski definition) is 0. The number of hydrogen-bond acceptors (Lipinski definition) is 2. The monoisotopic (exact) mass is 292 g/mol. The SMILES string of the molecule is CCCCC(CC)COc1ccc(OCC(C)CC)cc1. The second-order valence-corrected chi connectivity index (χ2v) is 6.02. The van der Waals surface area contributed by atoms with Crippen LogP contribution >= 0.6 is 0 Å². The maximum absolute atomic E-state index is 5.90. The molecule has 0 saturated heterocycles. The molecule has 0 aliphatic rings. The largest absolute Gasteiger partial charge is 0.493 e. The van der Waals surface area contributed by atoms with Crippen LogP contribution < -0.4 is 9.47 Å². The van der Waals surface area contributed by atoms with Crippen LogP contribution in [0, 0.1) is 11.8 Å². The molecule has 1 aromatic rings. The molecule has 0 bridgehead atoms. The first-order valence-electron chi connectivity index (χ1n) is 8.55. The third-order valence-electron chi connectivity index (χ3n) is 4.08. The first kappa shape index (κ1) is 17.9. The highest BCUT2D eigenvalue weighted by Crippen LogP contribution is 2.20. The van der Waals surface area contributed by atoms with Crippen LogP contribution in [-0.2, 0) is 0 Å². The smallest absolute Gasteiger partial charge is 0.119 e. The van der Waals surface area contributed by atoms with Crippen LogP contribution in [0.2, 0.25) is 0 Å². The second-order valence-electron chi connectivity index (χ2n) is 6.02. The van der Waals surface area contributed by atoms with Crippen LogP contribution in [0.4, 0.5) is 0 Å². The number of unbranched alkanes of at least 4 members (excludes halogenated alkanes) is 1. The molecule has 0 fully saturated rings. The lowest BCUT2D eigenvalue weighted by Crippen LogP contribution is -2.11. The van der Waals surface area contributed by atoms with Gasteiger partial charge in [-0.15, -0.1) is 0 Å². The molecule has 0 radical (unpaired) electrons. The quantitative estimate of drug-likeness (QED) is 0.520. The molecule has 2 unspecified atom stereocenters. The minimum absolute atomic E-state index is 0.602. The average molecular weight is 292 g/mol. The minimum Gasteiger partial charge on any atom is -0.493 e. The van der Waals surface area contributed by atoms with E-state index in [9.17, 15) is 0 Å². The van der Waals surface area contributed by atoms with Crippen molar-refractivity contribution in [1.82, 2.24) is 0 Å². The molecule has 0 saturated carbocycles. The highest BCUT2D eigenvalue weighted by Gasteiger charge is 2.07. The van der Waals surface area contributed by atoms with Gasteiger partial charge in [-0.05, 0) is 42.5 Å². The molecule has 120 valence electrons. The van der Waals surface area contributed by atoms with Crippen molar-refractivity contribution in [3.8, 4) is 11.5 Å². The third-order valence-corrected chi connectivity index (χ3v) is 4.08. The molecule has 0 spiro atoms. The van der Waals surface area contributed by atoms with Crippen LogP contribution in [0.5, 0.6) is 11.5 Å². The van der Waals surface area contributed by atoms with Gasteiger partial charge in [-0.2, -0.15) is 0 Å². The standard InChI is InChI=1S/C19H32O2/c1-5-8-9-17(7-3)15-21-19-12-10-18(11-13-19)20-14-16(4)6-2/h10-13,16-17H,5-9,14-15H2,1-4H3. The summed E-state index contributed by atoms with van der Waals surface area (Å²) in [5.41, 5.74) is 0. The molecule has 2 atom stereocenters. The predicted octanol–water partition coefficient (Wildman–Crippen LogP) is 5.71. The first-order chi connectivity index (χ1) is 10.2. The van der Waals surface area contributed by atoms with Gasteiger partial charge >= 0.3 is 0 Å². The molecule has 0 aliphatic heterocycles. The van der Waals surface area contributed by atoms with E-state index in [2.05, 4.69) is 27.7 Å². The van der Waals surface area contributed by atoms with Crippen molar-refractivity contribution in [3.05, 3.63) is 24.3 Å². The fourth-order valence-electron chi connectivity index (χ4n) is 2.10. The Kier molecular flexibility index (Phi) is 8.96. The van der Waals surface area contributed by atoms with Crippen molar-refractivity contribution in [2.24, 2.45) is 11.8 Å². The van der Waals surface area contributed by atoms with E-state index < -0.39 is 0 Å². The fraction of sp³-hybridized carbons (Fsp3) is 0.684. The van der Waals surface area contributed by atoms with E-state index >= 15 is 0 Å².